The predicted octanol–water partition coefficient (Wildman–Crippen LogP) is 3.23. The first-order valence-electron chi connectivity index (χ1n) is 6.65. The van der Waals surface area contributed by atoms with Crippen molar-refractivity contribution in [1.82, 2.24) is 14.9 Å². The van der Waals surface area contributed by atoms with Crippen LogP contribution in [0.5, 0.6) is 0 Å². The summed E-state index contributed by atoms with van der Waals surface area (Å²) in [5, 5.41) is 8.45. The maximum Gasteiger partial charge on any atom is 0.136 e. The van der Waals surface area contributed by atoms with E-state index in [9.17, 15) is 4.55 Å². The Kier molecular flexibility index (Phi) is 4.52. The molecule has 1 aromatic heterocycles. The predicted molar refractivity (Wildman–Crippen MR) is 84.7 cm³/mol. The number of aromatic nitrogens is 2. The van der Waals surface area contributed by atoms with Gasteiger partial charge in [-0.05, 0) is 33.3 Å². The van der Waals surface area contributed by atoms with Crippen LogP contribution >= 0.6 is 0 Å². The minimum atomic E-state index is -1.15. The molecule has 2 rings (SSSR count). The molecule has 5 heteroatoms. The van der Waals surface area contributed by atoms with Gasteiger partial charge in [0.15, 0.2) is 0 Å². The summed E-state index contributed by atoms with van der Waals surface area (Å²) in [6.45, 7) is 9.63. The summed E-state index contributed by atoms with van der Waals surface area (Å²) < 4.78 is 15.2. The lowest BCUT2D eigenvalue weighted by atomic mass is 10.1. The van der Waals surface area contributed by atoms with Gasteiger partial charge in [0.1, 0.15) is 10.8 Å². The molecule has 108 valence electrons. The Hall–Kier alpha value is -1.30. The Morgan fingerprint density at radius 3 is 2.80 bits per heavy atom. The maximum absolute atomic E-state index is 12.3. The molecule has 0 saturated heterocycles. The summed E-state index contributed by atoms with van der Waals surface area (Å²) in [5.41, 5.74) is 1.87. The van der Waals surface area contributed by atoms with Crippen LogP contribution in [-0.4, -0.2) is 19.5 Å². The van der Waals surface area contributed by atoms with Gasteiger partial charge in [-0.25, -0.2) is 0 Å². The summed E-state index contributed by atoms with van der Waals surface area (Å²) in [6, 6.07) is 7.84. The van der Waals surface area contributed by atoms with Gasteiger partial charge in [0.25, 0.3) is 0 Å². The second-order valence-electron chi connectivity index (χ2n) is 5.73. The number of benzene rings is 1. The SMILES string of the molecule is C=CC[C@H](N[S+]([O-])C(C)(C)C)c1n[nH]c2ccccc12. The van der Waals surface area contributed by atoms with Crippen LogP contribution < -0.4 is 4.72 Å². The van der Waals surface area contributed by atoms with Gasteiger partial charge >= 0.3 is 0 Å². The number of para-hydroxylation sites is 1. The summed E-state index contributed by atoms with van der Waals surface area (Å²) in [4.78, 5) is 0. The monoisotopic (exact) mass is 291 g/mol. The molecule has 0 aliphatic heterocycles. The Balaban J connectivity index is 2.31. The van der Waals surface area contributed by atoms with Crippen molar-refractivity contribution in [3.63, 3.8) is 0 Å². The van der Waals surface area contributed by atoms with Gasteiger partial charge in [-0.2, -0.15) is 5.10 Å². The molecule has 1 aromatic carbocycles. The van der Waals surface area contributed by atoms with E-state index >= 15 is 0 Å². The fraction of sp³-hybridized carbons (Fsp3) is 0.400. The molecule has 0 bridgehead atoms. The number of aromatic amines is 1. The smallest absolute Gasteiger partial charge is 0.136 e. The van der Waals surface area contributed by atoms with Crippen molar-refractivity contribution in [2.45, 2.75) is 38.0 Å². The van der Waals surface area contributed by atoms with Crippen molar-refractivity contribution in [1.29, 1.82) is 0 Å². The zero-order valence-electron chi connectivity index (χ0n) is 12.1. The first-order valence-corrected chi connectivity index (χ1v) is 7.80. The van der Waals surface area contributed by atoms with Gasteiger partial charge in [-0.1, -0.05) is 24.3 Å². The van der Waals surface area contributed by atoms with E-state index < -0.39 is 11.4 Å². The van der Waals surface area contributed by atoms with E-state index in [4.69, 9.17) is 0 Å². The van der Waals surface area contributed by atoms with Crippen LogP contribution in [0.2, 0.25) is 0 Å². The second kappa shape index (κ2) is 5.99. The van der Waals surface area contributed by atoms with Gasteiger partial charge < -0.3 is 4.55 Å². The van der Waals surface area contributed by atoms with E-state index in [0.29, 0.717) is 6.42 Å². The molecule has 20 heavy (non-hydrogen) atoms. The third kappa shape index (κ3) is 3.23. The number of nitrogens with one attached hydrogen (secondary N) is 2. The lowest BCUT2D eigenvalue weighted by Crippen LogP contribution is -2.41. The molecule has 1 heterocycles. The molecule has 0 aliphatic rings. The van der Waals surface area contributed by atoms with Gasteiger partial charge in [-0.3, -0.25) is 5.10 Å². The molecule has 0 saturated carbocycles. The summed E-state index contributed by atoms with van der Waals surface area (Å²) in [7, 11) is 0. The second-order valence-corrected chi connectivity index (χ2v) is 7.73. The van der Waals surface area contributed by atoms with E-state index in [1.165, 1.54) is 0 Å². The Bertz CT molecular complexity index is 588. The van der Waals surface area contributed by atoms with Gasteiger partial charge in [0, 0.05) is 16.7 Å². The van der Waals surface area contributed by atoms with Crippen LogP contribution in [0.3, 0.4) is 0 Å². The molecule has 0 amide bonds. The molecule has 1 unspecified atom stereocenters. The Morgan fingerprint density at radius 1 is 1.45 bits per heavy atom. The molecule has 0 spiro atoms. The van der Waals surface area contributed by atoms with Gasteiger partial charge in [0.2, 0.25) is 0 Å². The molecular weight excluding hydrogens is 270 g/mol. The van der Waals surface area contributed by atoms with Crippen molar-refractivity contribution < 1.29 is 4.55 Å². The third-order valence-corrected chi connectivity index (χ3v) is 4.65. The normalized spacial score (nSPS) is 15.2. The first kappa shape index (κ1) is 15.1. The fourth-order valence-electron chi connectivity index (χ4n) is 1.94. The highest BCUT2D eigenvalue weighted by Crippen LogP contribution is 2.26. The zero-order valence-corrected chi connectivity index (χ0v) is 13.0. The van der Waals surface area contributed by atoms with Crippen molar-refractivity contribution in [3.8, 4) is 0 Å². The largest absolute Gasteiger partial charge is 0.598 e. The lowest BCUT2D eigenvalue weighted by molar-refractivity contribution is 0.521. The van der Waals surface area contributed by atoms with Crippen molar-refractivity contribution in [2.75, 3.05) is 0 Å². The lowest BCUT2D eigenvalue weighted by Gasteiger charge is -2.27. The Morgan fingerprint density at radius 2 is 2.15 bits per heavy atom. The van der Waals surface area contributed by atoms with Gasteiger partial charge in [-0.15, -0.1) is 11.3 Å². The molecule has 2 aromatic rings. The molecule has 2 N–H and O–H groups in total. The molecule has 0 aliphatic carbocycles. The summed E-state index contributed by atoms with van der Waals surface area (Å²) in [5.74, 6) is 0. The van der Waals surface area contributed by atoms with Crippen LogP contribution in [0, 0.1) is 0 Å². The zero-order chi connectivity index (χ0) is 14.8. The average molecular weight is 291 g/mol. The fourth-order valence-corrected chi connectivity index (χ4v) is 2.76. The van der Waals surface area contributed by atoms with E-state index in [1.807, 2.05) is 51.1 Å². The molecule has 4 nitrogen and oxygen atoms in total. The standard InChI is InChI=1S/C15H21N3OS/c1-5-8-13(18-20(19)15(2,3)4)14-11-9-6-7-10-12(11)16-17-14/h5-7,9-10,13,18H,1,8H2,2-4H3,(H,16,17)/t13-,20?/m0/s1. The van der Waals surface area contributed by atoms with Crippen LogP contribution in [0.25, 0.3) is 10.9 Å². The number of hydrogen-bond acceptors (Lipinski definition) is 3. The van der Waals surface area contributed by atoms with E-state index in [2.05, 4.69) is 21.5 Å². The molecule has 2 atom stereocenters. The number of rotatable bonds is 5. The Labute approximate surface area is 123 Å². The molecule has 0 fully saturated rings. The minimum absolute atomic E-state index is 0.108. The van der Waals surface area contributed by atoms with Crippen molar-refractivity contribution in [2.24, 2.45) is 0 Å². The number of H-pyrrole nitrogens is 1. The van der Waals surface area contributed by atoms with Crippen LogP contribution in [0.1, 0.15) is 38.9 Å². The number of fused-ring (bicyclic) bond motifs is 1. The first-order chi connectivity index (χ1) is 9.43. The highest BCUT2D eigenvalue weighted by atomic mass is 32.2. The maximum atomic E-state index is 12.3. The third-order valence-electron chi connectivity index (χ3n) is 3.04. The van der Waals surface area contributed by atoms with E-state index in [1.54, 1.807) is 0 Å². The van der Waals surface area contributed by atoms with Crippen molar-refractivity contribution in [3.05, 3.63) is 42.6 Å². The molecular formula is C15H21N3OS. The number of hydrogen-bond donors (Lipinski definition) is 2. The quantitative estimate of drug-likeness (QED) is 0.656. The molecule has 0 radical (unpaired) electrons. The van der Waals surface area contributed by atoms with E-state index in [0.717, 1.165) is 16.6 Å². The average Bonchev–Trinajstić information content (AvgIpc) is 2.80. The highest BCUT2D eigenvalue weighted by molar-refractivity contribution is 7.90. The minimum Gasteiger partial charge on any atom is -0.598 e. The van der Waals surface area contributed by atoms with Crippen LogP contribution in [-0.2, 0) is 11.4 Å². The van der Waals surface area contributed by atoms with Crippen molar-refractivity contribution >= 4 is 22.3 Å². The number of nitrogens with zero attached hydrogens (tertiary/aromatic N) is 1. The van der Waals surface area contributed by atoms with Crippen LogP contribution in [0.4, 0.5) is 0 Å². The summed E-state index contributed by atoms with van der Waals surface area (Å²) in [6.07, 6.45) is 2.50. The highest BCUT2D eigenvalue weighted by Gasteiger charge is 2.30. The summed E-state index contributed by atoms with van der Waals surface area (Å²) >= 11 is -1.15. The topological polar surface area (TPSA) is 63.8 Å². The van der Waals surface area contributed by atoms with E-state index in [-0.39, 0.29) is 10.8 Å². The van der Waals surface area contributed by atoms with Gasteiger partial charge in [0.05, 0.1) is 11.2 Å². The van der Waals surface area contributed by atoms with Crippen LogP contribution in [0.15, 0.2) is 36.9 Å².